The highest BCUT2D eigenvalue weighted by Gasteiger charge is 2.04. The molecule has 0 saturated heterocycles. The highest BCUT2D eigenvalue weighted by Crippen LogP contribution is 2.27. The predicted octanol–water partition coefficient (Wildman–Crippen LogP) is 2.00. The molecule has 0 aliphatic carbocycles. The molecule has 0 aliphatic rings. The summed E-state index contributed by atoms with van der Waals surface area (Å²) in [6, 6.07) is 7.90. The van der Waals surface area contributed by atoms with E-state index >= 15 is 0 Å². The Kier molecular flexibility index (Phi) is 3.77. The lowest BCUT2D eigenvalue weighted by atomic mass is 10.1. The number of nitrogens with one attached hydrogen (secondary N) is 1. The van der Waals surface area contributed by atoms with Gasteiger partial charge >= 0.3 is 0 Å². The van der Waals surface area contributed by atoms with Gasteiger partial charge in [0.2, 0.25) is 0 Å². The fourth-order valence-corrected chi connectivity index (χ4v) is 1.74. The third-order valence-corrected chi connectivity index (χ3v) is 2.61. The number of hydrogen-bond acceptors (Lipinski definition) is 4. The van der Waals surface area contributed by atoms with Crippen LogP contribution in [0.1, 0.15) is 6.42 Å². The van der Waals surface area contributed by atoms with Crippen LogP contribution in [0.3, 0.4) is 0 Å². The van der Waals surface area contributed by atoms with Gasteiger partial charge in [-0.3, -0.25) is 4.98 Å². The molecule has 1 aromatic carbocycles. The summed E-state index contributed by atoms with van der Waals surface area (Å²) in [5, 5.41) is 4.41. The molecule has 0 amide bonds. The van der Waals surface area contributed by atoms with E-state index in [-0.39, 0.29) is 0 Å². The van der Waals surface area contributed by atoms with Crippen LogP contribution in [-0.4, -0.2) is 25.2 Å². The molecule has 1 heterocycles. The number of aromatic nitrogens is 1. The van der Waals surface area contributed by atoms with Crippen molar-refractivity contribution in [2.45, 2.75) is 6.42 Å². The van der Waals surface area contributed by atoms with Gasteiger partial charge in [-0.25, -0.2) is 0 Å². The van der Waals surface area contributed by atoms with Gasteiger partial charge in [-0.05, 0) is 25.1 Å². The number of hydrogen-bond donors (Lipinski definition) is 2. The normalized spacial score (nSPS) is 10.5. The summed E-state index contributed by atoms with van der Waals surface area (Å²) in [5.41, 5.74) is 7.44. The van der Waals surface area contributed by atoms with E-state index in [2.05, 4.69) is 10.3 Å². The molecule has 17 heavy (non-hydrogen) atoms. The molecule has 90 valence electrons. The van der Waals surface area contributed by atoms with Crippen LogP contribution in [0, 0.1) is 0 Å². The Bertz CT molecular complexity index is 499. The summed E-state index contributed by atoms with van der Waals surface area (Å²) in [7, 11) is 1.67. The smallest absolute Gasteiger partial charge is 0.121 e. The number of rotatable bonds is 5. The second-order valence-corrected chi connectivity index (χ2v) is 3.82. The molecule has 2 aromatic rings. The maximum absolute atomic E-state index is 5.48. The quantitative estimate of drug-likeness (QED) is 0.773. The molecule has 3 N–H and O–H groups in total. The van der Waals surface area contributed by atoms with Gasteiger partial charge in [0.25, 0.3) is 0 Å². The number of benzene rings is 1. The summed E-state index contributed by atoms with van der Waals surface area (Å²) >= 11 is 0. The highest BCUT2D eigenvalue weighted by atomic mass is 16.5. The molecular formula is C13H17N3O. The molecule has 4 nitrogen and oxygen atoms in total. The molecule has 0 bridgehead atoms. The Morgan fingerprint density at radius 2 is 2.29 bits per heavy atom. The van der Waals surface area contributed by atoms with Gasteiger partial charge in [0.15, 0.2) is 0 Å². The van der Waals surface area contributed by atoms with Crippen LogP contribution in [0.25, 0.3) is 10.9 Å². The summed E-state index contributed by atoms with van der Waals surface area (Å²) < 4.78 is 5.28. The van der Waals surface area contributed by atoms with Gasteiger partial charge in [-0.1, -0.05) is 6.07 Å². The van der Waals surface area contributed by atoms with Crippen LogP contribution < -0.4 is 15.8 Å². The van der Waals surface area contributed by atoms with Crippen molar-refractivity contribution in [3.8, 4) is 5.75 Å². The maximum Gasteiger partial charge on any atom is 0.121 e. The third-order valence-electron chi connectivity index (χ3n) is 2.61. The summed E-state index contributed by atoms with van der Waals surface area (Å²) in [6.45, 7) is 1.53. The maximum atomic E-state index is 5.48. The predicted molar refractivity (Wildman–Crippen MR) is 70.5 cm³/mol. The molecule has 0 spiro atoms. The van der Waals surface area contributed by atoms with Gasteiger partial charge in [-0.2, -0.15) is 0 Å². The Morgan fingerprint density at radius 1 is 1.41 bits per heavy atom. The zero-order chi connectivity index (χ0) is 12.1. The minimum atomic E-state index is 0.683. The second-order valence-electron chi connectivity index (χ2n) is 3.82. The third kappa shape index (κ3) is 2.65. The average Bonchev–Trinajstić information content (AvgIpc) is 2.38. The minimum Gasteiger partial charge on any atom is -0.497 e. The van der Waals surface area contributed by atoms with Crippen molar-refractivity contribution < 1.29 is 4.74 Å². The fourth-order valence-electron chi connectivity index (χ4n) is 1.74. The molecule has 0 fully saturated rings. The Hall–Kier alpha value is -1.81. The van der Waals surface area contributed by atoms with Crippen molar-refractivity contribution in [3.63, 3.8) is 0 Å². The van der Waals surface area contributed by atoms with Gasteiger partial charge in [0.1, 0.15) is 5.75 Å². The lowest BCUT2D eigenvalue weighted by molar-refractivity contribution is 0.415. The first kappa shape index (κ1) is 11.7. The number of ether oxygens (including phenoxy) is 1. The van der Waals surface area contributed by atoms with Crippen LogP contribution in [0.15, 0.2) is 30.5 Å². The van der Waals surface area contributed by atoms with Crippen molar-refractivity contribution in [2.75, 3.05) is 25.5 Å². The standard InChI is InChI=1S/C13H17N3O/c1-17-11-8-10-4-2-6-16-13(10)12(9-11)15-7-3-5-14/h2,4,6,8-9,15H,3,5,7,14H2,1H3. The van der Waals surface area contributed by atoms with Crippen LogP contribution >= 0.6 is 0 Å². The Labute approximate surface area is 101 Å². The molecule has 0 saturated carbocycles. The van der Waals surface area contributed by atoms with E-state index in [1.165, 1.54) is 0 Å². The number of methoxy groups -OCH3 is 1. The van der Waals surface area contributed by atoms with Gasteiger partial charge in [-0.15, -0.1) is 0 Å². The molecule has 0 unspecified atom stereocenters. The van der Waals surface area contributed by atoms with Gasteiger partial charge in [0.05, 0.1) is 18.3 Å². The van der Waals surface area contributed by atoms with Crippen molar-refractivity contribution in [2.24, 2.45) is 5.73 Å². The molecular weight excluding hydrogens is 214 g/mol. The molecule has 0 atom stereocenters. The molecule has 1 aromatic heterocycles. The molecule has 4 heteroatoms. The van der Waals surface area contributed by atoms with E-state index in [1.807, 2.05) is 24.3 Å². The van der Waals surface area contributed by atoms with E-state index in [0.717, 1.165) is 35.3 Å². The first-order chi connectivity index (χ1) is 8.35. The zero-order valence-corrected chi connectivity index (χ0v) is 9.94. The number of anilines is 1. The summed E-state index contributed by atoms with van der Waals surface area (Å²) in [5.74, 6) is 0.834. The molecule has 0 aliphatic heterocycles. The first-order valence-corrected chi connectivity index (χ1v) is 5.72. The topological polar surface area (TPSA) is 60.2 Å². The van der Waals surface area contributed by atoms with Crippen LogP contribution in [-0.2, 0) is 0 Å². The van der Waals surface area contributed by atoms with Crippen LogP contribution in [0.4, 0.5) is 5.69 Å². The van der Waals surface area contributed by atoms with E-state index in [0.29, 0.717) is 6.54 Å². The number of nitrogens with zero attached hydrogens (tertiary/aromatic N) is 1. The summed E-state index contributed by atoms with van der Waals surface area (Å²) in [4.78, 5) is 4.39. The zero-order valence-electron chi connectivity index (χ0n) is 9.94. The van der Waals surface area contributed by atoms with E-state index in [4.69, 9.17) is 10.5 Å². The lowest BCUT2D eigenvalue weighted by Gasteiger charge is -2.10. The van der Waals surface area contributed by atoms with Crippen molar-refractivity contribution >= 4 is 16.6 Å². The SMILES string of the molecule is COc1cc(NCCCN)c2ncccc2c1. The lowest BCUT2D eigenvalue weighted by Crippen LogP contribution is -2.09. The van der Waals surface area contributed by atoms with Gasteiger partial charge < -0.3 is 15.8 Å². The largest absolute Gasteiger partial charge is 0.497 e. The first-order valence-electron chi connectivity index (χ1n) is 5.72. The van der Waals surface area contributed by atoms with E-state index in [1.54, 1.807) is 13.3 Å². The second kappa shape index (κ2) is 5.50. The Balaban J connectivity index is 2.36. The number of pyridine rings is 1. The van der Waals surface area contributed by atoms with E-state index < -0.39 is 0 Å². The minimum absolute atomic E-state index is 0.683. The number of fused-ring (bicyclic) bond motifs is 1. The highest BCUT2D eigenvalue weighted by molar-refractivity contribution is 5.91. The van der Waals surface area contributed by atoms with Crippen molar-refractivity contribution in [1.82, 2.24) is 4.98 Å². The average molecular weight is 231 g/mol. The monoisotopic (exact) mass is 231 g/mol. The fraction of sp³-hybridized carbons (Fsp3) is 0.308. The number of nitrogens with two attached hydrogens (primary N) is 1. The molecule has 0 radical (unpaired) electrons. The van der Waals surface area contributed by atoms with Crippen LogP contribution in [0.5, 0.6) is 5.75 Å². The van der Waals surface area contributed by atoms with E-state index in [9.17, 15) is 0 Å². The van der Waals surface area contributed by atoms with Crippen LogP contribution in [0.2, 0.25) is 0 Å². The van der Waals surface area contributed by atoms with Gasteiger partial charge in [0, 0.05) is 24.2 Å². The van der Waals surface area contributed by atoms with Crippen molar-refractivity contribution in [3.05, 3.63) is 30.5 Å². The molecule has 2 rings (SSSR count). The van der Waals surface area contributed by atoms with Crippen molar-refractivity contribution in [1.29, 1.82) is 0 Å². The summed E-state index contributed by atoms with van der Waals surface area (Å²) in [6.07, 6.45) is 2.73. The Morgan fingerprint density at radius 3 is 3.06 bits per heavy atom.